The number of nitrogens with one attached hydrogen (secondary N) is 1. The Bertz CT molecular complexity index is 328. The summed E-state index contributed by atoms with van der Waals surface area (Å²) >= 11 is 0. The lowest BCUT2D eigenvalue weighted by Crippen LogP contribution is -2.57. The normalized spacial score (nSPS) is 36.9. The van der Waals surface area contributed by atoms with Crippen LogP contribution < -0.4 is 5.32 Å². The average molecular weight is 265 g/mol. The van der Waals surface area contributed by atoms with Gasteiger partial charge in [-0.2, -0.15) is 5.26 Å². The molecule has 1 saturated carbocycles. The minimum absolute atomic E-state index is 0.295. The highest BCUT2D eigenvalue weighted by Gasteiger charge is 2.39. The van der Waals surface area contributed by atoms with Crippen LogP contribution in [0.5, 0.6) is 0 Å². The van der Waals surface area contributed by atoms with Crippen LogP contribution in [0.4, 0.5) is 0 Å². The van der Waals surface area contributed by atoms with Gasteiger partial charge in [0.15, 0.2) is 0 Å². The second kappa shape index (κ2) is 6.69. The van der Waals surface area contributed by atoms with Crippen LogP contribution >= 0.6 is 0 Å². The molecule has 4 nitrogen and oxygen atoms in total. The Hall–Kier alpha value is -0.630. The molecule has 0 amide bonds. The monoisotopic (exact) mass is 265 g/mol. The fourth-order valence-electron chi connectivity index (χ4n) is 3.48. The van der Waals surface area contributed by atoms with E-state index in [1.807, 2.05) is 0 Å². The van der Waals surface area contributed by atoms with Crippen molar-refractivity contribution in [3.8, 4) is 6.07 Å². The minimum atomic E-state index is -0.295. The smallest absolute Gasteiger partial charge is 0.108 e. The van der Waals surface area contributed by atoms with E-state index in [0.717, 1.165) is 52.0 Å². The summed E-state index contributed by atoms with van der Waals surface area (Å²) in [5.74, 6) is 0. The van der Waals surface area contributed by atoms with Crippen molar-refractivity contribution in [1.29, 1.82) is 5.26 Å². The van der Waals surface area contributed by atoms with Gasteiger partial charge in [0.05, 0.1) is 19.3 Å². The van der Waals surface area contributed by atoms with Gasteiger partial charge in [0.25, 0.3) is 0 Å². The van der Waals surface area contributed by atoms with Crippen molar-refractivity contribution >= 4 is 0 Å². The predicted octanol–water partition coefficient (Wildman–Crippen LogP) is 1.91. The summed E-state index contributed by atoms with van der Waals surface area (Å²) in [6.07, 6.45) is 5.43. The third kappa shape index (κ3) is 3.47. The van der Waals surface area contributed by atoms with E-state index < -0.39 is 0 Å². The lowest BCUT2D eigenvalue weighted by atomic mass is 9.78. The van der Waals surface area contributed by atoms with Gasteiger partial charge in [0.1, 0.15) is 5.54 Å². The van der Waals surface area contributed by atoms with E-state index in [0.29, 0.717) is 12.1 Å². The fourth-order valence-corrected chi connectivity index (χ4v) is 3.48. The number of ether oxygens (including phenoxy) is 1. The SMILES string of the molecule is CCCNC1(C#N)CCCC(N2CCOCC2C)C1. The van der Waals surface area contributed by atoms with Crippen molar-refractivity contribution in [2.45, 2.75) is 63.6 Å². The molecule has 0 aromatic heterocycles. The quantitative estimate of drug-likeness (QED) is 0.843. The largest absolute Gasteiger partial charge is 0.379 e. The van der Waals surface area contributed by atoms with Crippen molar-refractivity contribution in [3.63, 3.8) is 0 Å². The molecule has 3 unspecified atom stereocenters. The van der Waals surface area contributed by atoms with Gasteiger partial charge in [0, 0.05) is 18.6 Å². The molecule has 1 aliphatic heterocycles. The summed E-state index contributed by atoms with van der Waals surface area (Å²) < 4.78 is 5.52. The van der Waals surface area contributed by atoms with Crippen LogP contribution in [-0.4, -0.2) is 48.8 Å². The molecule has 2 aliphatic rings. The third-order valence-corrected chi connectivity index (χ3v) is 4.54. The second-order valence-corrected chi connectivity index (χ2v) is 6.03. The summed E-state index contributed by atoms with van der Waals surface area (Å²) in [7, 11) is 0. The lowest BCUT2D eigenvalue weighted by molar-refractivity contribution is -0.0349. The number of nitrogens with zero attached hydrogens (tertiary/aromatic N) is 2. The van der Waals surface area contributed by atoms with Gasteiger partial charge < -0.3 is 4.74 Å². The molecule has 0 radical (unpaired) electrons. The Labute approximate surface area is 117 Å². The van der Waals surface area contributed by atoms with E-state index in [9.17, 15) is 5.26 Å². The van der Waals surface area contributed by atoms with E-state index in [4.69, 9.17) is 4.74 Å². The second-order valence-electron chi connectivity index (χ2n) is 6.03. The van der Waals surface area contributed by atoms with Gasteiger partial charge in [-0.1, -0.05) is 6.92 Å². The van der Waals surface area contributed by atoms with Gasteiger partial charge in [-0.3, -0.25) is 10.2 Å². The van der Waals surface area contributed by atoms with Crippen molar-refractivity contribution in [2.75, 3.05) is 26.3 Å². The molecule has 108 valence electrons. The Kier molecular flexibility index (Phi) is 5.20. The van der Waals surface area contributed by atoms with Crippen LogP contribution in [0.15, 0.2) is 0 Å². The van der Waals surface area contributed by atoms with E-state index in [1.165, 1.54) is 6.42 Å². The molecular formula is C15H27N3O. The zero-order valence-electron chi connectivity index (χ0n) is 12.3. The highest BCUT2D eigenvalue weighted by molar-refractivity contribution is 5.11. The van der Waals surface area contributed by atoms with E-state index in [1.54, 1.807) is 0 Å². The summed E-state index contributed by atoms with van der Waals surface area (Å²) in [6.45, 7) is 8.02. The topological polar surface area (TPSA) is 48.3 Å². The first kappa shape index (κ1) is 14.8. The molecular weight excluding hydrogens is 238 g/mol. The minimum Gasteiger partial charge on any atom is -0.379 e. The first-order valence-electron chi connectivity index (χ1n) is 7.70. The molecule has 2 fully saturated rings. The van der Waals surface area contributed by atoms with Crippen LogP contribution in [0, 0.1) is 11.3 Å². The molecule has 3 atom stereocenters. The molecule has 0 aromatic carbocycles. The van der Waals surface area contributed by atoms with Crippen molar-refractivity contribution in [3.05, 3.63) is 0 Å². The number of rotatable bonds is 4. The van der Waals surface area contributed by atoms with Gasteiger partial charge in [0.2, 0.25) is 0 Å². The molecule has 0 spiro atoms. The van der Waals surface area contributed by atoms with Gasteiger partial charge in [-0.15, -0.1) is 0 Å². The molecule has 0 bridgehead atoms. The van der Waals surface area contributed by atoms with Gasteiger partial charge in [-0.25, -0.2) is 0 Å². The summed E-state index contributed by atoms with van der Waals surface area (Å²) in [5.41, 5.74) is -0.295. The van der Waals surface area contributed by atoms with Crippen molar-refractivity contribution in [2.24, 2.45) is 0 Å². The number of morpholine rings is 1. The summed E-state index contributed by atoms with van der Waals surface area (Å²) in [6, 6.07) is 3.59. The number of nitriles is 1. The molecule has 2 rings (SSSR count). The van der Waals surface area contributed by atoms with Crippen LogP contribution in [-0.2, 0) is 4.74 Å². The maximum absolute atomic E-state index is 9.59. The summed E-state index contributed by atoms with van der Waals surface area (Å²) in [5, 5.41) is 13.1. The van der Waals surface area contributed by atoms with Crippen LogP contribution in [0.1, 0.15) is 46.0 Å². The Morgan fingerprint density at radius 2 is 2.37 bits per heavy atom. The highest BCUT2D eigenvalue weighted by Crippen LogP contribution is 2.32. The lowest BCUT2D eigenvalue weighted by Gasteiger charge is -2.45. The first-order chi connectivity index (χ1) is 9.21. The predicted molar refractivity (Wildman–Crippen MR) is 75.9 cm³/mol. The van der Waals surface area contributed by atoms with E-state index in [2.05, 4.69) is 30.1 Å². The fraction of sp³-hybridized carbons (Fsp3) is 0.933. The molecule has 1 aliphatic carbocycles. The molecule has 1 saturated heterocycles. The zero-order chi connectivity index (χ0) is 13.7. The van der Waals surface area contributed by atoms with Crippen LogP contribution in [0.3, 0.4) is 0 Å². The van der Waals surface area contributed by atoms with Crippen LogP contribution in [0.25, 0.3) is 0 Å². The molecule has 0 aromatic rings. The zero-order valence-corrected chi connectivity index (χ0v) is 12.3. The number of hydrogen-bond acceptors (Lipinski definition) is 4. The third-order valence-electron chi connectivity index (χ3n) is 4.54. The molecule has 4 heteroatoms. The Morgan fingerprint density at radius 3 is 3.05 bits per heavy atom. The first-order valence-corrected chi connectivity index (χ1v) is 7.70. The van der Waals surface area contributed by atoms with E-state index >= 15 is 0 Å². The maximum Gasteiger partial charge on any atom is 0.108 e. The molecule has 1 N–H and O–H groups in total. The van der Waals surface area contributed by atoms with Gasteiger partial charge in [-0.05, 0) is 45.6 Å². The molecule has 1 heterocycles. The van der Waals surface area contributed by atoms with Crippen molar-refractivity contribution < 1.29 is 4.74 Å². The summed E-state index contributed by atoms with van der Waals surface area (Å²) in [4.78, 5) is 2.56. The highest BCUT2D eigenvalue weighted by atomic mass is 16.5. The Morgan fingerprint density at radius 1 is 1.53 bits per heavy atom. The standard InChI is InChI=1S/C15H27N3O/c1-3-7-17-15(12-16)6-4-5-14(10-15)18-8-9-19-11-13(18)2/h13-14,17H,3-11H2,1-2H3. The van der Waals surface area contributed by atoms with Gasteiger partial charge >= 0.3 is 0 Å². The van der Waals surface area contributed by atoms with E-state index in [-0.39, 0.29) is 5.54 Å². The molecule has 19 heavy (non-hydrogen) atoms. The average Bonchev–Trinajstić information content (AvgIpc) is 2.46. The van der Waals surface area contributed by atoms with Crippen LogP contribution in [0.2, 0.25) is 0 Å². The maximum atomic E-state index is 9.59. The Balaban J connectivity index is 2.00. The number of hydrogen-bond donors (Lipinski definition) is 1. The van der Waals surface area contributed by atoms with Crippen molar-refractivity contribution in [1.82, 2.24) is 10.2 Å².